The molecule has 78 valence electrons. The molecule has 1 saturated carbocycles. The molecule has 0 amide bonds. The standard InChI is InChI=1S/C11H23NO/c1-3-4-5-8-12(2)9-11(10-13)6-7-11/h13H,3-10H2,1-2H3. The molecule has 0 unspecified atom stereocenters. The minimum absolute atomic E-state index is 0.293. The summed E-state index contributed by atoms with van der Waals surface area (Å²) in [6.45, 7) is 4.89. The largest absolute Gasteiger partial charge is 0.396 e. The third kappa shape index (κ3) is 3.65. The molecule has 0 spiro atoms. The van der Waals surface area contributed by atoms with Gasteiger partial charge in [0.05, 0.1) is 0 Å². The zero-order chi connectivity index (χ0) is 9.73. The van der Waals surface area contributed by atoms with Gasteiger partial charge in [-0.1, -0.05) is 19.8 Å². The third-order valence-corrected chi connectivity index (χ3v) is 3.04. The molecule has 13 heavy (non-hydrogen) atoms. The first kappa shape index (κ1) is 11.0. The molecule has 1 N–H and O–H groups in total. The van der Waals surface area contributed by atoms with Crippen LogP contribution in [-0.4, -0.2) is 36.8 Å². The predicted molar refractivity (Wildman–Crippen MR) is 55.8 cm³/mol. The second-order valence-corrected chi connectivity index (χ2v) is 4.60. The summed E-state index contributed by atoms with van der Waals surface area (Å²) in [4.78, 5) is 2.37. The lowest BCUT2D eigenvalue weighted by Crippen LogP contribution is -2.29. The minimum Gasteiger partial charge on any atom is -0.396 e. The predicted octanol–water partition coefficient (Wildman–Crippen LogP) is 1.88. The molecule has 2 nitrogen and oxygen atoms in total. The molecule has 0 saturated heterocycles. The van der Waals surface area contributed by atoms with E-state index in [0.29, 0.717) is 12.0 Å². The van der Waals surface area contributed by atoms with Crippen molar-refractivity contribution in [3.05, 3.63) is 0 Å². The lowest BCUT2D eigenvalue weighted by molar-refractivity contribution is 0.163. The Balaban J connectivity index is 2.07. The molecule has 0 atom stereocenters. The lowest BCUT2D eigenvalue weighted by atomic mass is 10.1. The van der Waals surface area contributed by atoms with Gasteiger partial charge in [0.2, 0.25) is 0 Å². The van der Waals surface area contributed by atoms with Gasteiger partial charge in [-0.05, 0) is 32.9 Å². The van der Waals surface area contributed by atoms with Crippen LogP contribution in [0.1, 0.15) is 39.0 Å². The van der Waals surface area contributed by atoms with Crippen molar-refractivity contribution in [1.82, 2.24) is 4.90 Å². The molecule has 0 radical (unpaired) electrons. The number of nitrogens with zero attached hydrogens (tertiary/aromatic N) is 1. The van der Waals surface area contributed by atoms with Crippen LogP contribution in [0.4, 0.5) is 0 Å². The van der Waals surface area contributed by atoms with Crippen LogP contribution in [0.25, 0.3) is 0 Å². The van der Waals surface area contributed by atoms with Crippen LogP contribution in [0, 0.1) is 5.41 Å². The summed E-state index contributed by atoms with van der Waals surface area (Å²) >= 11 is 0. The van der Waals surface area contributed by atoms with Crippen LogP contribution in [0.15, 0.2) is 0 Å². The van der Waals surface area contributed by atoms with E-state index in [1.807, 2.05) is 0 Å². The van der Waals surface area contributed by atoms with E-state index in [1.54, 1.807) is 0 Å². The van der Waals surface area contributed by atoms with Crippen molar-refractivity contribution in [3.63, 3.8) is 0 Å². The molecule has 0 aliphatic heterocycles. The summed E-state index contributed by atoms with van der Waals surface area (Å²) in [7, 11) is 2.17. The first-order valence-electron chi connectivity index (χ1n) is 5.52. The highest BCUT2D eigenvalue weighted by atomic mass is 16.3. The van der Waals surface area contributed by atoms with E-state index in [0.717, 1.165) is 6.54 Å². The fourth-order valence-corrected chi connectivity index (χ4v) is 1.83. The van der Waals surface area contributed by atoms with E-state index in [-0.39, 0.29) is 0 Å². The van der Waals surface area contributed by atoms with Crippen LogP contribution < -0.4 is 0 Å². The quantitative estimate of drug-likeness (QED) is 0.612. The highest BCUT2D eigenvalue weighted by Gasteiger charge is 2.42. The molecular weight excluding hydrogens is 162 g/mol. The van der Waals surface area contributed by atoms with Gasteiger partial charge in [0.25, 0.3) is 0 Å². The van der Waals surface area contributed by atoms with Gasteiger partial charge in [0, 0.05) is 18.6 Å². The van der Waals surface area contributed by atoms with Crippen molar-refractivity contribution in [1.29, 1.82) is 0 Å². The Morgan fingerprint density at radius 1 is 1.31 bits per heavy atom. The number of rotatable bonds is 7. The van der Waals surface area contributed by atoms with E-state index < -0.39 is 0 Å². The molecule has 0 aromatic rings. The molecule has 0 aromatic carbocycles. The number of aliphatic hydroxyl groups excluding tert-OH is 1. The van der Waals surface area contributed by atoms with Gasteiger partial charge < -0.3 is 10.0 Å². The van der Waals surface area contributed by atoms with E-state index in [4.69, 9.17) is 5.11 Å². The van der Waals surface area contributed by atoms with Gasteiger partial charge in [-0.25, -0.2) is 0 Å². The maximum Gasteiger partial charge on any atom is 0.0499 e. The molecule has 1 aliphatic carbocycles. The van der Waals surface area contributed by atoms with Crippen molar-refractivity contribution < 1.29 is 5.11 Å². The summed E-state index contributed by atoms with van der Waals surface area (Å²) in [6.07, 6.45) is 6.37. The summed E-state index contributed by atoms with van der Waals surface area (Å²) in [5, 5.41) is 9.15. The zero-order valence-corrected chi connectivity index (χ0v) is 9.05. The van der Waals surface area contributed by atoms with Gasteiger partial charge in [0.1, 0.15) is 0 Å². The molecule has 0 heterocycles. The molecule has 0 bridgehead atoms. The molecule has 1 rings (SSSR count). The Kier molecular flexibility index (Phi) is 4.20. The maximum absolute atomic E-state index is 9.15. The minimum atomic E-state index is 0.293. The first-order chi connectivity index (χ1) is 6.22. The normalized spacial score (nSPS) is 19.4. The van der Waals surface area contributed by atoms with Crippen molar-refractivity contribution in [2.75, 3.05) is 26.7 Å². The highest BCUT2D eigenvalue weighted by Crippen LogP contribution is 2.45. The SMILES string of the molecule is CCCCCN(C)CC1(CO)CC1. The van der Waals surface area contributed by atoms with Crippen molar-refractivity contribution in [2.24, 2.45) is 5.41 Å². The molecule has 1 aliphatic rings. The number of hydrogen-bond acceptors (Lipinski definition) is 2. The average Bonchev–Trinajstić information content (AvgIpc) is 2.86. The first-order valence-corrected chi connectivity index (χ1v) is 5.52. The van der Waals surface area contributed by atoms with Gasteiger partial charge in [-0.15, -0.1) is 0 Å². The monoisotopic (exact) mass is 185 g/mol. The summed E-state index contributed by atoms with van der Waals surface area (Å²) in [5.74, 6) is 0. The molecule has 1 fully saturated rings. The van der Waals surface area contributed by atoms with Crippen LogP contribution in [0.5, 0.6) is 0 Å². The van der Waals surface area contributed by atoms with E-state index in [1.165, 1.54) is 38.6 Å². The average molecular weight is 185 g/mol. The fourth-order valence-electron chi connectivity index (χ4n) is 1.83. The third-order valence-electron chi connectivity index (χ3n) is 3.04. The molecular formula is C11H23NO. The Hall–Kier alpha value is -0.0800. The fraction of sp³-hybridized carbons (Fsp3) is 1.00. The van der Waals surface area contributed by atoms with E-state index in [9.17, 15) is 0 Å². The topological polar surface area (TPSA) is 23.5 Å². The number of hydrogen-bond donors (Lipinski definition) is 1. The van der Waals surface area contributed by atoms with Crippen LogP contribution >= 0.6 is 0 Å². The second-order valence-electron chi connectivity index (χ2n) is 4.60. The smallest absolute Gasteiger partial charge is 0.0499 e. The Morgan fingerprint density at radius 2 is 2.00 bits per heavy atom. The zero-order valence-electron chi connectivity index (χ0n) is 9.05. The summed E-state index contributed by atoms with van der Waals surface area (Å²) in [6, 6.07) is 0. The van der Waals surface area contributed by atoms with E-state index in [2.05, 4.69) is 18.9 Å². The second kappa shape index (κ2) is 4.97. The number of unbranched alkanes of at least 4 members (excludes halogenated alkanes) is 2. The van der Waals surface area contributed by atoms with Crippen molar-refractivity contribution in [2.45, 2.75) is 39.0 Å². The Morgan fingerprint density at radius 3 is 2.46 bits per heavy atom. The number of aliphatic hydroxyl groups is 1. The molecule has 2 heteroatoms. The summed E-state index contributed by atoms with van der Waals surface area (Å²) < 4.78 is 0. The summed E-state index contributed by atoms with van der Waals surface area (Å²) in [5.41, 5.74) is 0.293. The van der Waals surface area contributed by atoms with Crippen LogP contribution in [-0.2, 0) is 0 Å². The Labute approximate surface area is 81.9 Å². The van der Waals surface area contributed by atoms with Crippen LogP contribution in [0.2, 0.25) is 0 Å². The van der Waals surface area contributed by atoms with E-state index >= 15 is 0 Å². The Bertz CT molecular complexity index is 143. The van der Waals surface area contributed by atoms with Crippen molar-refractivity contribution in [3.8, 4) is 0 Å². The lowest BCUT2D eigenvalue weighted by Gasteiger charge is -2.21. The highest BCUT2D eigenvalue weighted by molar-refractivity contribution is 4.94. The van der Waals surface area contributed by atoms with Gasteiger partial charge in [-0.2, -0.15) is 0 Å². The van der Waals surface area contributed by atoms with Gasteiger partial charge in [0.15, 0.2) is 0 Å². The van der Waals surface area contributed by atoms with Crippen LogP contribution in [0.3, 0.4) is 0 Å². The maximum atomic E-state index is 9.15. The van der Waals surface area contributed by atoms with Gasteiger partial charge in [-0.3, -0.25) is 0 Å². The van der Waals surface area contributed by atoms with Gasteiger partial charge >= 0.3 is 0 Å². The molecule has 0 aromatic heterocycles. The van der Waals surface area contributed by atoms with Crippen molar-refractivity contribution >= 4 is 0 Å².